The standard InChI is InChI=1S/C29H29N5.2ClH.Co/c1-2-7-18(6-1)20-12-14-22-26(16-20)33-28(31-22)24-10-5-11-25(30-24)29-32-23-15-13-21(17-27(23)34-29)19-8-3-4-9-19;;;/h5,10-19,22-23H,1-4,6-9H2;2*1H;/q;;;+2/p-2. The maximum Gasteiger partial charge on any atom is 2.00 e. The molecular weight excluding hydrogens is 548 g/mol. The van der Waals surface area contributed by atoms with E-state index in [1.807, 2.05) is 18.2 Å². The smallest absolute Gasteiger partial charge is 1.00 e. The number of aliphatic imine (C=N–C) groups is 4. The van der Waals surface area contributed by atoms with Gasteiger partial charge in [-0.1, -0.05) is 56.1 Å². The van der Waals surface area contributed by atoms with Gasteiger partial charge in [-0.25, -0.2) is 15.0 Å². The maximum absolute atomic E-state index is 4.88. The molecule has 5 nitrogen and oxygen atoms in total. The molecule has 193 valence electrons. The Morgan fingerprint density at radius 2 is 1.05 bits per heavy atom. The van der Waals surface area contributed by atoms with Crippen LogP contribution in [0.2, 0.25) is 0 Å². The molecule has 2 atom stereocenters. The fraction of sp³-hybridized carbons (Fsp3) is 0.414. The monoisotopic (exact) mass is 576 g/mol. The van der Waals surface area contributed by atoms with Gasteiger partial charge in [0.15, 0.2) is 11.7 Å². The first-order valence-corrected chi connectivity index (χ1v) is 12.9. The van der Waals surface area contributed by atoms with E-state index < -0.39 is 0 Å². The van der Waals surface area contributed by atoms with Crippen molar-refractivity contribution in [2.24, 2.45) is 31.8 Å². The molecule has 0 saturated heterocycles. The van der Waals surface area contributed by atoms with Crippen molar-refractivity contribution in [2.75, 3.05) is 0 Å². The molecule has 0 aromatic carbocycles. The quantitative estimate of drug-likeness (QED) is 0.481. The van der Waals surface area contributed by atoms with Crippen molar-refractivity contribution in [1.29, 1.82) is 0 Å². The number of hydrogen-bond acceptors (Lipinski definition) is 5. The molecule has 2 aliphatic heterocycles. The van der Waals surface area contributed by atoms with Gasteiger partial charge in [-0.15, -0.1) is 0 Å². The largest absolute Gasteiger partial charge is 2.00 e. The number of rotatable bonds is 4. The molecule has 2 saturated carbocycles. The van der Waals surface area contributed by atoms with Crippen LogP contribution in [0.5, 0.6) is 0 Å². The molecule has 0 bridgehead atoms. The summed E-state index contributed by atoms with van der Waals surface area (Å²) in [5.74, 6) is 2.79. The van der Waals surface area contributed by atoms with Crippen LogP contribution in [-0.2, 0) is 16.8 Å². The van der Waals surface area contributed by atoms with Crippen LogP contribution in [0, 0.1) is 11.8 Å². The normalized spacial score (nSPS) is 25.9. The second-order valence-electron chi connectivity index (χ2n) is 10.2. The van der Waals surface area contributed by atoms with Crippen LogP contribution >= 0.6 is 0 Å². The predicted molar refractivity (Wildman–Crippen MR) is 138 cm³/mol. The number of nitrogens with zero attached hydrogens (tertiary/aromatic N) is 5. The van der Waals surface area contributed by atoms with E-state index in [0.29, 0.717) is 23.5 Å². The summed E-state index contributed by atoms with van der Waals surface area (Å²) in [6.45, 7) is 0. The molecule has 1 aromatic heterocycles. The molecule has 4 aliphatic carbocycles. The minimum absolute atomic E-state index is 0. The molecule has 8 heteroatoms. The molecule has 1 radical (unpaired) electrons. The van der Waals surface area contributed by atoms with Crippen LogP contribution in [0.15, 0.2) is 85.8 Å². The minimum Gasteiger partial charge on any atom is -1.00 e. The van der Waals surface area contributed by atoms with E-state index in [2.05, 4.69) is 36.5 Å². The fourth-order valence-corrected chi connectivity index (χ4v) is 6.15. The molecule has 6 aliphatic rings. The first-order chi connectivity index (χ1) is 16.8. The molecule has 3 heterocycles. The van der Waals surface area contributed by atoms with E-state index >= 15 is 0 Å². The first-order valence-electron chi connectivity index (χ1n) is 12.9. The number of amidine groups is 2. The van der Waals surface area contributed by atoms with Crippen molar-refractivity contribution in [2.45, 2.75) is 63.5 Å². The van der Waals surface area contributed by atoms with Gasteiger partial charge in [0.2, 0.25) is 0 Å². The van der Waals surface area contributed by atoms with Gasteiger partial charge in [0.1, 0.15) is 23.5 Å². The Balaban J connectivity index is 0.00000107. The third-order valence-electron chi connectivity index (χ3n) is 8.03. The van der Waals surface area contributed by atoms with E-state index in [1.165, 1.54) is 62.5 Å². The average molecular weight is 577 g/mol. The summed E-state index contributed by atoms with van der Waals surface area (Å²) in [6, 6.07) is 6.02. The SMILES string of the molecule is C1=CC2N=C(c3cccc(C4=NC5C=CC(C6CCCC6)=CC5=N4)n3)N=C2C=C1C1CCCC1.[Cl-].[Cl-].[Co+2]. The van der Waals surface area contributed by atoms with Crippen LogP contribution in [0.1, 0.15) is 62.8 Å². The van der Waals surface area contributed by atoms with Crippen molar-refractivity contribution in [1.82, 2.24) is 4.98 Å². The molecule has 0 N–H and O–H groups in total. The van der Waals surface area contributed by atoms with Crippen molar-refractivity contribution in [3.05, 3.63) is 77.2 Å². The summed E-state index contributed by atoms with van der Waals surface area (Å²) >= 11 is 0. The zero-order chi connectivity index (χ0) is 22.5. The number of fused-ring (bicyclic) bond motifs is 2. The molecule has 0 amide bonds. The van der Waals surface area contributed by atoms with Crippen molar-refractivity contribution < 1.29 is 41.6 Å². The van der Waals surface area contributed by atoms with Gasteiger partial charge in [-0.05, 0) is 73.0 Å². The van der Waals surface area contributed by atoms with Crippen molar-refractivity contribution >= 4 is 23.1 Å². The fourth-order valence-electron chi connectivity index (χ4n) is 6.15. The van der Waals surface area contributed by atoms with Gasteiger partial charge in [0, 0.05) is 0 Å². The van der Waals surface area contributed by atoms with Gasteiger partial charge in [-0.3, -0.25) is 9.98 Å². The molecular formula is C29H29Cl2CoN5. The molecule has 2 unspecified atom stereocenters. The Hall–Kier alpha value is -2.12. The molecule has 2 fully saturated rings. The van der Waals surface area contributed by atoms with Gasteiger partial charge < -0.3 is 24.8 Å². The van der Waals surface area contributed by atoms with Gasteiger partial charge in [0.05, 0.1) is 11.4 Å². The third kappa shape index (κ3) is 5.40. The number of pyridine rings is 1. The first kappa shape index (κ1) is 27.9. The van der Waals surface area contributed by atoms with Crippen molar-refractivity contribution in [3.8, 4) is 0 Å². The van der Waals surface area contributed by atoms with Gasteiger partial charge in [-0.2, -0.15) is 0 Å². The van der Waals surface area contributed by atoms with Gasteiger partial charge >= 0.3 is 16.8 Å². The van der Waals surface area contributed by atoms with E-state index in [9.17, 15) is 0 Å². The van der Waals surface area contributed by atoms with Crippen molar-refractivity contribution in [3.63, 3.8) is 0 Å². The number of allylic oxidation sites excluding steroid dienone is 4. The summed E-state index contributed by atoms with van der Waals surface area (Å²) in [5, 5.41) is 0. The van der Waals surface area contributed by atoms with Crippen LogP contribution in [0.3, 0.4) is 0 Å². The second-order valence-corrected chi connectivity index (χ2v) is 10.2. The maximum atomic E-state index is 4.88. The number of hydrogen-bond donors (Lipinski definition) is 0. The number of aromatic nitrogens is 1. The molecule has 37 heavy (non-hydrogen) atoms. The predicted octanol–water partition coefficient (Wildman–Crippen LogP) is -0.400. The Bertz CT molecular complexity index is 1200. The zero-order valence-corrected chi connectivity index (χ0v) is 23.0. The van der Waals surface area contributed by atoms with Crippen LogP contribution in [-0.4, -0.2) is 40.2 Å². The summed E-state index contributed by atoms with van der Waals surface area (Å²) in [5.41, 5.74) is 6.51. The Morgan fingerprint density at radius 1 is 0.622 bits per heavy atom. The Labute approximate surface area is 241 Å². The molecule has 7 rings (SSSR count). The molecule has 0 spiro atoms. The summed E-state index contributed by atoms with van der Waals surface area (Å²) in [4.78, 5) is 24.3. The third-order valence-corrected chi connectivity index (χ3v) is 8.03. The van der Waals surface area contributed by atoms with Crippen LogP contribution in [0.25, 0.3) is 0 Å². The summed E-state index contributed by atoms with van der Waals surface area (Å²) in [6.07, 6.45) is 24.0. The topological polar surface area (TPSA) is 62.3 Å². The van der Waals surface area contributed by atoms with Crippen LogP contribution in [0.4, 0.5) is 0 Å². The minimum atomic E-state index is 0. The second kappa shape index (κ2) is 11.7. The average Bonchev–Trinajstić information content (AvgIpc) is 3.69. The molecule has 1 aromatic rings. The van der Waals surface area contributed by atoms with E-state index in [4.69, 9.17) is 25.0 Å². The van der Waals surface area contributed by atoms with Gasteiger partial charge in [0.25, 0.3) is 0 Å². The number of halogens is 2. The Kier molecular flexibility index (Phi) is 8.84. The summed E-state index contributed by atoms with van der Waals surface area (Å²) < 4.78 is 0. The van der Waals surface area contributed by atoms with Crippen LogP contribution < -0.4 is 24.8 Å². The summed E-state index contributed by atoms with van der Waals surface area (Å²) in [7, 11) is 0. The Morgan fingerprint density at radius 3 is 1.49 bits per heavy atom. The zero-order valence-electron chi connectivity index (χ0n) is 20.5. The van der Waals surface area contributed by atoms with E-state index in [0.717, 1.165) is 22.8 Å². The van der Waals surface area contributed by atoms with E-state index in [1.54, 1.807) is 0 Å². The van der Waals surface area contributed by atoms with E-state index in [-0.39, 0.29) is 53.7 Å².